The smallest absolute Gasteiger partial charge is 0.139 e. The lowest BCUT2D eigenvalue weighted by atomic mass is 9.91. The van der Waals surface area contributed by atoms with Gasteiger partial charge in [-0.05, 0) is 56.9 Å². The van der Waals surface area contributed by atoms with E-state index in [4.69, 9.17) is 4.52 Å². The number of aliphatic hydroxyl groups excluding tert-OH is 1. The van der Waals surface area contributed by atoms with Gasteiger partial charge in [0.15, 0.2) is 0 Å². The highest BCUT2D eigenvalue weighted by Gasteiger charge is 2.19. The Morgan fingerprint density at radius 2 is 1.61 bits per heavy atom. The van der Waals surface area contributed by atoms with E-state index in [1.54, 1.807) is 0 Å². The maximum atomic E-state index is 9.47. The third-order valence-electron chi connectivity index (χ3n) is 3.75. The van der Waals surface area contributed by atoms with Crippen LogP contribution in [0.15, 0.2) is 10.6 Å². The molecule has 0 aliphatic carbocycles. The summed E-state index contributed by atoms with van der Waals surface area (Å²) in [6, 6.07) is 2.18. The van der Waals surface area contributed by atoms with Crippen molar-refractivity contribution in [3.8, 4) is 11.3 Å². The third kappa shape index (κ3) is 1.85. The molecular weight excluding hydrogens is 226 g/mol. The summed E-state index contributed by atoms with van der Waals surface area (Å²) >= 11 is 0. The number of aromatic nitrogens is 1. The van der Waals surface area contributed by atoms with Gasteiger partial charge in [0.25, 0.3) is 0 Å². The average Bonchev–Trinajstić information content (AvgIpc) is 2.68. The molecule has 96 valence electrons. The van der Waals surface area contributed by atoms with Crippen LogP contribution in [0.1, 0.15) is 33.6 Å². The average molecular weight is 245 g/mol. The molecule has 2 aromatic rings. The van der Waals surface area contributed by atoms with Crippen LogP contribution in [0.2, 0.25) is 0 Å². The lowest BCUT2D eigenvalue weighted by Gasteiger charge is -2.14. The Balaban J connectivity index is 2.78. The quantitative estimate of drug-likeness (QED) is 0.882. The summed E-state index contributed by atoms with van der Waals surface area (Å²) in [5.74, 6) is 0.686. The molecule has 1 heterocycles. The molecule has 2 rings (SSSR count). The number of nitrogens with zero attached hydrogens (tertiary/aromatic N) is 1. The van der Waals surface area contributed by atoms with Crippen LogP contribution in [0.25, 0.3) is 11.3 Å². The topological polar surface area (TPSA) is 46.3 Å². The predicted molar refractivity (Wildman–Crippen MR) is 71.5 cm³/mol. The molecule has 1 N–H and O–H groups in total. The van der Waals surface area contributed by atoms with Crippen molar-refractivity contribution in [2.75, 3.05) is 0 Å². The summed E-state index contributed by atoms with van der Waals surface area (Å²) in [7, 11) is 0. The van der Waals surface area contributed by atoms with Gasteiger partial charge in [0, 0.05) is 11.1 Å². The third-order valence-corrected chi connectivity index (χ3v) is 3.75. The molecule has 0 saturated carbocycles. The molecule has 0 bridgehead atoms. The van der Waals surface area contributed by atoms with Crippen molar-refractivity contribution < 1.29 is 9.63 Å². The van der Waals surface area contributed by atoms with Crippen LogP contribution in [-0.4, -0.2) is 10.3 Å². The molecule has 0 fully saturated rings. The van der Waals surface area contributed by atoms with Gasteiger partial charge in [-0.15, -0.1) is 0 Å². The standard InChI is InChI=1S/C15H19NO2/c1-8-6-9(2)11(4)14(10(8)3)15-13(7-17)12(5)18-16-15/h6,17H,7H2,1-5H3. The zero-order valence-corrected chi connectivity index (χ0v) is 11.6. The van der Waals surface area contributed by atoms with Crippen LogP contribution < -0.4 is 0 Å². The highest BCUT2D eigenvalue weighted by molar-refractivity contribution is 5.73. The van der Waals surface area contributed by atoms with Crippen LogP contribution in [0.4, 0.5) is 0 Å². The van der Waals surface area contributed by atoms with Crippen molar-refractivity contribution in [3.63, 3.8) is 0 Å². The van der Waals surface area contributed by atoms with Gasteiger partial charge in [-0.1, -0.05) is 11.2 Å². The van der Waals surface area contributed by atoms with Gasteiger partial charge in [-0.2, -0.15) is 0 Å². The SMILES string of the molecule is Cc1cc(C)c(C)c(-c2noc(C)c2CO)c1C. The molecule has 0 radical (unpaired) electrons. The van der Waals surface area contributed by atoms with Crippen molar-refractivity contribution >= 4 is 0 Å². The second-order valence-electron chi connectivity index (χ2n) is 4.86. The molecule has 0 aliphatic rings. The molecule has 1 aromatic carbocycles. The first-order chi connectivity index (χ1) is 8.47. The zero-order valence-electron chi connectivity index (χ0n) is 11.6. The predicted octanol–water partition coefficient (Wildman–Crippen LogP) is 3.38. The normalized spacial score (nSPS) is 11.0. The summed E-state index contributed by atoms with van der Waals surface area (Å²) in [5, 5.41) is 13.6. The van der Waals surface area contributed by atoms with Crippen LogP contribution in [0, 0.1) is 34.6 Å². The lowest BCUT2D eigenvalue weighted by molar-refractivity contribution is 0.278. The highest BCUT2D eigenvalue weighted by atomic mass is 16.5. The van der Waals surface area contributed by atoms with Crippen LogP contribution in [0.3, 0.4) is 0 Å². The molecular formula is C15H19NO2. The first-order valence-electron chi connectivity index (χ1n) is 6.11. The van der Waals surface area contributed by atoms with E-state index in [1.165, 1.54) is 22.3 Å². The van der Waals surface area contributed by atoms with E-state index in [0.717, 1.165) is 16.8 Å². The van der Waals surface area contributed by atoms with Gasteiger partial charge in [-0.3, -0.25) is 0 Å². The maximum Gasteiger partial charge on any atom is 0.139 e. The van der Waals surface area contributed by atoms with Crippen molar-refractivity contribution in [3.05, 3.63) is 39.6 Å². The van der Waals surface area contributed by atoms with Crippen molar-refractivity contribution in [1.82, 2.24) is 5.16 Å². The fourth-order valence-corrected chi connectivity index (χ4v) is 2.35. The molecule has 0 saturated heterocycles. The van der Waals surface area contributed by atoms with Crippen LogP contribution in [0.5, 0.6) is 0 Å². The van der Waals surface area contributed by atoms with E-state index in [0.29, 0.717) is 5.76 Å². The first kappa shape index (κ1) is 12.8. The highest BCUT2D eigenvalue weighted by Crippen LogP contribution is 2.33. The number of aryl methyl sites for hydroxylation is 3. The number of aliphatic hydroxyl groups is 1. The molecule has 0 aliphatic heterocycles. The summed E-state index contributed by atoms with van der Waals surface area (Å²) in [5.41, 5.74) is 7.51. The van der Waals surface area contributed by atoms with Gasteiger partial charge in [0.05, 0.1) is 6.61 Å². The number of hydrogen-bond donors (Lipinski definition) is 1. The van der Waals surface area contributed by atoms with E-state index >= 15 is 0 Å². The molecule has 3 nitrogen and oxygen atoms in total. The summed E-state index contributed by atoms with van der Waals surface area (Å²) in [6.07, 6.45) is 0. The van der Waals surface area contributed by atoms with Gasteiger partial charge in [0.1, 0.15) is 11.5 Å². The number of benzene rings is 1. The van der Waals surface area contributed by atoms with Crippen molar-refractivity contribution in [2.24, 2.45) is 0 Å². The van der Waals surface area contributed by atoms with Crippen LogP contribution in [-0.2, 0) is 6.61 Å². The monoisotopic (exact) mass is 245 g/mol. The Bertz CT molecular complexity index is 571. The minimum atomic E-state index is -0.0451. The number of rotatable bonds is 2. The minimum Gasteiger partial charge on any atom is -0.391 e. The van der Waals surface area contributed by atoms with E-state index in [1.807, 2.05) is 6.92 Å². The van der Waals surface area contributed by atoms with E-state index in [2.05, 4.69) is 38.9 Å². The Kier molecular flexibility index (Phi) is 3.26. The summed E-state index contributed by atoms with van der Waals surface area (Å²) in [6.45, 7) is 10.1. The molecule has 0 amide bonds. The Morgan fingerprint density at radius 1 is 1.06 bits per heavy atom. The maximum absolute atomic E-state index is 9.47. The van der Waals surface area contributed by atoms with Crippen molar-refractivity contribution in [1.29, 1.82) is 0 Å². The summed E-state index contributed by atoms with van der Waals surface area (Å²) < 4.78 is 5.22. The van der Waals surface area contributed by atoms with Gasteiger partial charge in [-0.25, -0.2) is 0 Å². The van der Waals surface area contributed by atoms with Crippen LogP contribution >= 0.6 is 0 Å². The van der Waals surface area contributed by atoms with E-state index in [-0.39, 0.29) is 6.61 Å². The molecule has 0 unspecified atom stereocenters. The second kappa shape index (κ2) is 4.58. The van der Waals surface area contributed by atoms with Gasteiger partial charge >= 0.3 is 0 Å². The molecule has 0 atom stereocenters. The fraction of sp³-hybridized carbons (Fsp3) is 0.400. The largest absolute Gasteiger partial charge is 0.391 e. The van der Waals surface area contributed by atoms with Crippen molar-refractivity contribution in [2.45, 2.75) is 41.2 Å². The minimum absolute atomic E-state index is 0.0451. The molecule has 18 heavy (non-hydrogen) atoms. The summed E-state index contributed by atoms with van der Waals surface area (Å²) in [4.78, 5) is 0. The fourth-order valence-electron chi connectivity index (χ4n) is 2.35. The van der Waals surface area contributed by atoms with Gasteiger partial charge in [0.2, 0.25) is 0 Å². The zero-order chi connectivity index (χ0) is 13.4. The van der Waals surface area contributed by atoms with E-state index in [9.17, 15) is 5.11 Å². The Morgan fingerprint density at radius 3 is 2.11 bits per heavy atom. The lowest BCUT2D eigenvalue weighted by Crippen LogP contribution is -1.98. The van der Waals surface area contributed by atoms with E-state index < -0.39 is 0 Å². The first-order valence-corrected chi connectivity index (χ1v) is 6.11. The molecule has 0 spiro atoms. The van der Waals surface area contributed by atoms with Gasteiger partial charge < -0.3 is 9.63 Å². The second-order valence-corrected chi connectivity index (χ2v) is 4.86. The Hall–Kier alpha value is -1.61. The Labute approximate surface area is 107 Å². The number of hydrogen-bond acceptors (Lipinski definition) is 3. The molecule has 3 heteroatoms. The molecule has 1 aromatic heterocycles.